The van der Waals surface area contributed by atoms with Gasteiger partial charge in [0, 0.05) is 28.4 Å². The first-order valence-electron chi connectivity index (χ1n) is 27.9. The van der Waals surface area contributed by atoms with E-state index in [1.54, 1.807) is 0 Å². The van der Waals surface area contributed by atoms with Crippen LogP contribution in [-0.4, -0.2) is 9.13 Å². The lowest BCUT2D eigenvalue weighted by Gasteiger charge is -2.28. The topological polar surface area (TPSA) is 9.86 Å². The van der Waals surface area contributed by atoms with Crippen LogP contribution in [0, 0.1) is 0 Å². The Morgan fingerprint density at radius 1 is 0.342 bits per heavy atom. The van der Waals surface area contributed by atoms with Gasteiger partial charge in [-0.05, 0) is 179 Å². The zero-order valence-electron chi connectivity index (χ0n) is 43.7. The van der Waals surface area contributed by atoms with Gasteiger partial charge in [0.2, 0.25) is 0 Å². The van der Waals surface area contributed by atoms with Crippen LogP contribution >= 0.6 is 0 Å². The number of aromatic nitrogens is 2. The minimum atomic E-state index is -0.166. The summed E-state index contributed by atoms with van der Waals surface area (Å²) < 4.78 is 5.02. The van der Waals surface area contributed by atoms with Crippen molar-refractivity contribution in [3.05, 3.63) is 313 Å². The van der Waals surface area contributed by atoms with Crippen molar-refractivity contribution in [3.8, 4) is 78.5 Å². The van der Waals surface area contributed by atoms with Crippen LogP contribution in [0.15, 0.2) is 285 Å². The van der Waals surface area contributed by atoms with Crippen LogP contribution in [0.4, 0.5) is 0 Å². The quantitative estimate of drug-likeness (QED) is 0.134. The van der Waals surface area contributed by atoms with Crippen molar-refractivity contribution < 1.29 is 0 Å². The Bertz CT molecular complexity index is 4540. The Balaban J connectivity index is 1.03. The van der Waals surface area contributed by atoms with Gasteiger partial charge in [-0.25, -0.2) is 0 Å². The number of nitrogens with zero attached hydrogens (tertiary/aromatic N) is 2. The van der Waals surface area contributed by atoms with Crippen molar-refractivity contribution in [3.63, 3.8) is 0 Å². The standard InChI is InChI=1S/C77H54N2/c1-5-21-52(22-6-1)71-42-43-72(53-23-7-2-8-24-53)78(71)59-38-41-66-67(47-59)75(56-36-39-63-62-33-17-18-35-69(62)77(70(63)46-56)49-57-29-13-14-30-58(57)50-77)65-40-37-60(48-68(65)76(66)64-34-19-31-51-20-15-16-32-61(51)64)79-73(54-25-9-3-10-26-54)44-45-74(79)55-27-11-4-12-28-55/h1-27,29-48,55H,28,49-50H2. The Kier molecular flexibility index (Phi) is 10.5. The van der Waals surface area contributed by atoms with Crippen LogP contribution in [0.2, 0.25) is 0 Å². The highest BCUT2D eigenvalue weighted by Gasteiger charge is 2.47. The molecule has 3 aliphatic carbocycles. The molecule has 1 atom stereocenters. The molecule has 13 aromatic rings. The summed E-state index contributed by atoms with van der Waals surface area (Å²) in [5.74, 6) is 0.237. The van der Waals surface area contributed by atoms with E-state index in [9.17, 15) is 0 Å². The van der Waals surface area contributed by atoms with Crippen LogP contribution in [-0.2, 0) is 18.3 Å². The average molecular weight is 1010 g/mol. The van der Waals surface area contributed by atoms with Gasteiger partial charge in [-0.2, -0.15) is 0 Å². The zero-order valence-corrected chi connectivity index (χ0v) is 43.7. The summed E-state index contributed by atoms with van der Waals surface area (Å²) in [7, 11) is 0. The Hall–Kier alpha value is -9.76. The SMILES string of the molecule is C1=CCC(c2ccc(-c3ccccc3)n2-c2ccc3c(-c4ccc5c(c4)C4(Cc6ccccc6C4)c4ccccc4-5)c4cc(-n5c(-c6ccccc6)ccc5-c5ccccc5)ccc4c(-c4cccc5ccccc45)c3c2)C=C1. The molecule has 0 bridgehead atoms. The number of fused-ring (bicyclic) bond motifs is 9. The van der Waals surface area contributed by atoms with Gasteiger partial charge in [-0.3, -0.25) is 0 Å². The van der Waals surface area contributed by atoms with Crippen molar-refractivity contribution >= 4 is 32.3 Å². The number of benzene rings is 11. The summed E-state index contributed by atoms with van der Waals surface area (Å²) in [4.78, 5) is 0. The van der Waals surface area contributed by atoms with Crippen molar-refractivity contribution in [1.82, 2.24) is 9.13 Å². The molecule has 2 heteroatoms. The highest BCUT2D eigenvalue weighted by atomic mass is 15.0. The molecule has 3 aliphatic rings. The van der Waals surface area contributed by atoms with E-state index in [0.29, 0.717) is 0 Å². The van der Waals surface area contributed by atoms with Crippen molar-refractivity contribution in [2.24, 2.45) is 0 Å². The van der Waals surface area contributed by atoms with Gasteiger partial charge >= 0.3 is 0 Å². The third-order valence-corrected chi connectivity index (χ3v) is 17.7. The van der Waals surface area contributed by atoms with E-state index < -0.39 is 0 Å². The molecule has 1 spiro atoms. The van der Waals surface area contributed by atoms with Crippen molar-refractivity contribution in [2.45, 2.75) is 30.6 Å². The van der Waals surface area contributed by atoms with Gasteiger partial charge in [-0.1, -0.05) is 231 Å². The predicted octanol–water partition coefficient (Wildman–Crippen LogP) is 19.7. The van der Waals surface area contributed by atoms with E-state index in [-0.39, 0.29) is 11.3 Å². The fourth-order valence-electron chi connectivity index (χ4n) is 14.2. The van der Waals surface area contributed by atoms with Gasteiger partial charge in [0.1, 0.15) is 0 Å². The molecule has 1 unspecified atom stereocenters. The minimum Gasteiger partial charge on any atom is -0.313 e. The molecule has 79 heavy (non-hydrogen) atoms. The summed E-state index contributed by atoms with van der Waals surface area (Å²) in [5.41, 5.74) is 23.9. The molecule has 0 saturated carbocycles. The maximum atomic E-state index is 2.61. The summed E-state index contributed by atoms with van der Waals surface area (Å²) in [6, 6.07) is 98.3. The number of allylic oxidation sites excluding steroid dienone is 4. The molecule has 0 N–H and O–H groups in total. The molecule has 2 nitrogen and oxygen atoms in total. The number of hydrogen-bond acceptors (Lipinski definition) is 0. The lowest BCUT2D eigenvalue weighted by molar-refractivity contribution is 0.564. The van der Waals surface area contributed by atoms with E-state index in [2.05, 4.69) is 294 Å². The highest BCUT2D eigenvalue weighted by Crippen LogP contribution is 2.57. The smallest absolute Gasteiger partial charge is 0.0535 e. The largest absolute Gasteiger partial charge is 0.313 e. The van der Waals surface area contributed by atoms with Crippen molar-refractivity contribution in [1.29, 1.82) is 0 Å². The molecule has 11 aromatic carbocycles. The zero-order chi connectivity index (χ0) is 52.0. The lowest BCUT2D eigenvalue weighted by Crippen LogP contribution is -2.25. The van der Waals surface area contributed by atoms with Crippen LogP contribution in [0.5, 0.6) is 0 Å². The fourth-order valence-corrected chi connectivity index (χ4v) is 14.2. The van der Waals surface area contributed by atoms with Crippen LogP contribution in [0.3, 0.4) is 0 Å². The first kappa shape index (κ1) is 45.4. The maximum absolute atomic E-state index is 2.61. The number of rotatable bonds is 8. The van der Waals surface area contributed by atoms with Gasteiger partial charge in [0.05, 0.1) is 17.1 Å². The normalized spacial score (nSPS) is 14.8. The molecule has 0 aliphatic heterocycles. The third kappa shape index (κ3) is 7.18. The minimum absolute atomic E-state index is 0.166. The van der Waals surface area contributed by atoms with E-state index in [0.717, 1.165) is 42.0 Å². The first-order valence-corrected chi connectivity index (χ1v) is 27.9. The van der Waals surface area contributed by atoms with Gasteiger partial charge in [-0.15, -0.1) is 0 Å². The Labute approximate surface area is 461 Å². The Morgan fingerprint density at radius 3 is 1.57 bits per heavy atom. The monoisotopic (exact) mass is 1010 g/mol. The first-order chi connectivity index (χ1) is 39.2. The summed E-state index contributed by atoms with van der Waals surface area (Å²) >= 11 is 0. The molecule has 372 valence electrons. The summed E-state index contributed by atoms with van der Waals surface area (Å²) in [6.45, 7) is 0. The molecule has 0 amide bonds. The predicted molar refractivity (Wildman–Crippen MR) is 330 cm³/mol. The molecule has 2 aromatic heterocycles. The second kappa shape index (κ2) is 18.2. The average Bonchev–Trinajstić information content (AvgIpc) is 4.53. The third-order valence-electron chi connectivity index (χ3n) is 17.7. The van der Waals surface area contributed by atoms with Gasteiger partial charge < -0.3 is 9.13 Å². The second-order valence-corrected chi connectivity index (χ2v) is 21.9. The van der Waals surface area contributed by atoms with E-state index >= 15 is 0 Å². The molecule has 0 fully saturated rings. The maximum Gasteiger partial charge on any atom is 0.0535 e. The summed E-state index contributed by atoms with van der Waals surface area (Å²) in [5, 5.41) is 7.36. The molecule has 0 saturated heterocycles. The van der Waals surface area contributed by atoms with E-state index in [4.69, 9.17) is 0 Å². The second-order valence-electron chi connectivity index (χ2n) is 21.9. The molecule has 0 radical (unpaired) electrons. The fraction of sp³-hybridized carbons (Fsp3) is 0.0649. The van der Waals surface area contributed by atoms with Gasteiger partial charge in [0.15, 0.2) is 0 Å². The Morgan fingerprint density at radius 2 is 0.886 bits per heavy atom. The van der Waals surface area contributed by atoms with Crippen LogP contribution < -0.4 is 0 Å². The highest BCUT2D eigenvalue weighted by molar-refractivity contribution is 6.24. The lowest BCUT2D eigenvalue weighted by atomic mass is 9.75. The molecular weight excluding hydrogens is 953 g/mol. The summed E-state index contributed by atoms with van der Waals surface area (Å²) in [6.07, 6.45) is 12.0. The van der Waals surface area contributed by atoms with Crippen LogP contribution in [0.25, 0.3) is 111 Å². The number of hydrogen-bond donors (Lipinski definition) is 0. The molecule has 16 rings (SSSR count). The van der Waals surface area contributed by atoms with E-state index in [1.807, 2.05) is 0 Å². The van der Waals surface area contributed by atoms with Crippen LogP contribution in [0.1, 0.15) is 40.3 Å². The molecule has 2 heterocycles. The van der Waals surface area contributed by atoms with Gasteiger partial charge in [0.25, 0.3) is 0 Å². The molecular formula is C77H54N2. The van der Waals surface area contributed by atoms with E-state index in [1.165, 1.54) is 116 Å². The van der Waals surface area contributed by atoms with Crippen molar-refractivity contribution in [2.75, 3.05) is 0 Å².